The summed E-state index contributed by atoms with van der Waals surface area (Å²) in [5.74, 6) is -0.234. The minimum Gasteiger partial charge on any atom is -0.306 e. The second kappa shape index (κ2) is 5.95. The van der Waals surface area contributed by atoms with Gasteiger partial charge in [-0.25, -0.2) is 4.90 Å². The molecule has 1 aromatic carbocycles. The van der Waals surface area contributed by atoms with E-state index in [1.54, 1.807) is 12.1 Å². The summed E-state index contributed by atoms with van der Waals surface area (Å²) in [6.45, 7) is 2.07. The predicted octanol–water partition coefficient (Wildman–Crippen LogP) is 1.00. The highest BCUT2D eigenvalue weighted by atomic mass is 16.2. The molecule has 0 saturated carbocycles. The van der Waals surface area contributed by atoms with Crippen molar-refractivity contribution >= 4 is 17.5 Å². The van der Waals surface area contributed by atoms with Crippen LogP contribution in [-0.2, 0) is 9.59 Å². The van der Waals surface area contributed by atoms with E-state index >= 15 is 0 Å². The summed E-state index contributed by atoms with van der Waals surface area (Å²) in [7, 11) is 2.11. The number of anilines is 1. The number of benzene rings is 1. The molecule has 0 radical (unpaired) electrons. The smallest absolute Gasteiger partial charge is 0.251 e. The predicted molar refractivity (Wildman–Crippen MR) is 81.0 cm³/mol. The molecular formula is C16H21N3O2. The molecule has 21 heavy (non-hydrogen) atoms. The normalized spacial score (nSPS) is 24.8. The summed E-state index contributed by atoms with van der Waals surface area (Å²) in [6, 6.07) is 9.12. The fourth-order valence-corrected chi connectivity index (χ4v) is 3.07. The summed E-state index contributed by atoms with van der Waals surface area (Å²) in [5.41, 5.74) is 0.667. The lowest BCUT2D eigenvalue weighted by molar-refractivity contribution is -0.121. The molecule has 0 aliphatic carbocycles. The van der Waals surface area contributed by atoms with Gasteiger partial charge in [-0.1, -0.05) is 18.2 Å². The van der Waals surface area contributed by atoms with Crippen LogP contribution in [0.4, 0.5) is 5.69 Å². The maximum absolute atomic E-state index is 12.5. The molecule has 1 N–H and O–H groups in total. The Hall–Kier alpha value is -1.72. The van der Waals surface area contributed by atoms with Crippen molar-refractivity contribution < 1.29 is 9.59 Å². The number of piperidine rings is 1. The highest BCUT2D eigenvalue weighted by molar-refractivity contribution is 6.22. The number of hydrogen-bond donors (Lipinski definition) is 1. The summed E-state index contributed by atoms with van der Waals surface area (Å²) in [4.78, 5) is 28.2. The van der Waals surface area contributed by atoms with E-state index < -0.39 is 0 Å². The SMILES string of the molecule is CN1CCC(NC2CC(=O)N(c3ccccc3)C2=O)CC1. The van der Waals surface area contributed by atoms with Gasteiger partial charge in [0.15, 0.2) is 0 Å². The van der Waals surface area contributed by atoms with Crippen molar-refractivity contribution in [2.45, 2.75) is 31.3 Å². The van der Waals surface area contributed by atoms with E-state index in [4.69, 9.17) is 0 Å². The van der Waals surface area contributed by atoms with Crippen LogP contribution in [0, 0.1) is 0 Å². The Balaban J connectivity index is 1.66. The zero-order valence-electron chi connectivity index (χ0n) is 12.3. The van der Waals surface area contributed by atoms with Crippen molar-refractivity contribution in [1.82, 2.24) is 10.2 Å². The zero-order valence-corrected chi connectivity index (χ0v) is 12.3. The van der Waals surface area contributed by atoms with Crippen molar-refractivity contribution in [3.63, 3.8) is 0 Å². The van der Waals surface area contributed by atoms with Crippen LogP contribution in [-0.4, -0.2) is 48.9 Å². The van der Waals surface area contributed by atoms with Gasteiger partial charge in [-0.3, -0.25) is 9.59 Å². The number of nitrogens with one attached hydrogen (secondary N) is 1. The highest BCUT2D eigenvalue weighted by Crippen LogP contribution is 2.23. The number of carbonyl (C=O) groups excluding carboxylic acids is 2. The Morgan fingerprint density at radius 1 is 1.10 bits per heavy atom. The lowest BCUT2D eigenvalue weighted by atomic mass is 10.0. The molecule has 2 aliphatic heterocycles. The van der Waals surface area contributed by atoms with Crippen LogP contribution < -0.4 is 10.2 Å². The summed E-state index contributed by atoms with van der Waals surface area (Å²) in [5, 5.41) is 3.38. The van der Waals surface area contributed by atoms with Crippen molar-refractivity contribution in [2.24, 2.45) is 0 Å². The number of carbonyl (C=O) groups is 2. The van der Waals surface area contributed by atoms with E-state index in [1.807, 2.05) is 18.2 Å². The molecule has 0 bridgehead atoms. The molecule has 1 aromatic rings. The average Bonchev–Trinajstić information content (AvgIpc) is 2.77. The zero-order chi connectivity index (χ0) is 14.8. The quantitative estimate of drug-likeness (QED) is 0.843. The maximum Gasteiger partial charge on any atom is 0.251 e. The Labute approximate surface area is 124 Å². The third-order valence-electron chi connectivity index (χ3n) is 4.32. The molecule has 1 unspecified atom stereocenters. The second-order valence-electron chi connectivity index (χ2n) is 5.90. The number of hydrogen-bond acceptors (Lipinski definition) is 4. The number of rotatable bonds is 3. The molecule has 5 heteroatoms. The van der Waals surface area contributed by atoms with Crippen LogP contribution >= 0.6 is 0 Å². The van der Waals surface area contributed by atoms with Crippen LogP contribution in [0.3, 0.4) is 0 Å². The van der Waals surface area contributed by atoms with Gasteiger partial charge in [0, 0.05) is 6.04 Å². The minimum absolute atomic E-state index is 0.114. The first-order chi connectivity index (χ1) is 10.1. The highest BCUT2D eigenvalue weighted by Gasteiger charge is 2.40. The van der Waals surface area contributed by atoms with Gasteiger partial charge in [-0.05, 0) is 45.1 Å². The van der Waals surface area contributed by atoms with Gasteiger partial charge >= 0.3 is 0 Å². The maximum atomic E-state index is 12.5. The lowest BCUT2D eigenvalue weighted by Crippen LogP contribution is -2.48. The second-order valence-corrected chi connectivity index (χ2v) is 5.90. The van der Waals surface area contributed by atoms with E-state index in [-0.39, 0.29) is 24.3 Å². The van der Waals surface area contributed by atoms with E-state index in [9.17, 15) is 9.59 Å². The number of imide groups is 1. The third-order valence-corrected chi connectivity index (χ3v) is 4.32. The van der Waals surface area contributed by atoms with Gasteiger partial charge in [0.25, 0.3) is 5.91 Å². The first kappa shape index (κ1) is 14.2. The Kier molecular flexibility index (Phi) is 4.03. The first-order valence-corrected chi connectivity index (χ1v) is 7.51. The van der Waals surface area contributed by atoms with Gasteiger partial charge in [0.2, 0.25) is 5.91 Å². The van der Waals surface area contributed by atoms with E-state index in [0.717, 1.165) is 25.9 Å². The number of para-hydroxylation sites is 1. The number of likely N-dealkylation sites (tertiary alicyclic amines) is 1. The molecule has 0 spiro atoms. The minimum atomic E-state index is -0.369. The summed E-state index contributed by atoms with van der Waals surface area (Å²) >= 11 is 0. The van der Waals surface area contributed by atoms with Crippen molar-refractivity contribution in [3.05, 3.63) is 30.3 Å². The van der Waals surface area contributed by atoms with E-state index in [1.165, 1.54) is 4.90 Å². The molecule has 2 amide bonds. The van der Waals surface area contributed by atoms with Gasteiger partial charge in [-0.2, -0.15) is 0 Å². The molecule has 0 aromatic heterocycles. The van der Waals surface area contributed by atoms with Crippen molar-refractivity contribution in [1.29, 1.82) is 0 Å². The van der Waals surface area contributed by atoms with Crippen molar-refractivity contribution in [2.75, 3.05) is 25.0 Å². The molecule has 2 aliphatic rings. The number of amides is 2. The van der Waals surface area contributed by atoms with Gasteiger partial charge in [-0.15, -0.1) is 0 Å². The molecule has 2 heterocycles. The lowest BCUT2D eigenvalue weighted by Gasteiger charge is -2.31. The van der Waals surface area contributed by atoms with E-state index in [2.05, 4.69) is 17.3 Å². The summed E-state index contributed by atoms with van der Waals surface area (Å²) in [6.07, 6.45) is 2.32. The van der Waals surface area contributed by atoms with Crippen LogP contribution in [0.1, 0.15) is 19.3 Å². The van der Waals surface area contributed by atoms with Crippen molar-refractivity contribution in [3.8, 4) is 0 Å². The third kappa shape index (κ3) is 2.99. The topological polar surface area (TPSA) is 52.7 Å². The van der Waals surface area contributed by atoms with Gasteiger partial charge in [0.1, 0.15) is 0 Å². The van der Waals surface area contributed by atoms with Crippen LogP contribution in [0.15, 0.2) is 30.3 Å². The van der Waals surface area contributed by atoms with Gasteiger partial charge < -0.3 is 10.2 Å². The average molecular weight is 287 g/mol. The monoisotopic (exact) mass is 287 g/mol. The Morgan fingerprint density at radius 3 is 2.43 bits per heavy atom. The van der Waals surface area contributed by atoms with Crippen LogP contribution in [0.25, 0.3) is 0 Å². The Morgan fingerprint density at radius 2 is 1.76 bits per heavy atom. The molecule has 3 rings (SSSR count). The molecule has 112 valence electrons. The van der Waals surface area contributed by atoms with Gasteiger partial charge in [0.05, 0.1) is 18.2 Å². The Bertz CT molecular complexity index is 524. The first-order valence-electron chi connectivity index (χ1n) is 7.51. The number of nitrogens with zero attached hydrogens (tertiary/aromatic N) is 2. The standard InChI is InChI=1S/C16H21N3O2/c1-18-9-7-12(8-10-18)17-14-11-15(20)19(16(14)21)13-5-3-2-4-6-13/h2-6,12,14,17H,7-11H2,1H3. The molecule has 2 fully saturated rings. The largest absolute Gasteiger partial charge is 0.306 e. The summed E-state index contributed by atoms with van der Waals surface area (Å²) < 4.78 is 0. The molecular weight excluding hydrogens is 266 g/mol. The van der Waals surface area contributed by atoms with Crippen LogP contribution in [0.2, 0.25) is 0 Å². The fraction of sp³-hybridized carbons (Fsp3) is 0.500. The molecule has 2 saturated heterocycles. The fourth-order valence-electron chi connectivity index (χ4n) is 3.07. The van der Waals surface area contributed by atoms with E-state index in [0.29, 0.717) is 11.7 Å². The van der Waals surface area contributed by atoms with Crippen LogP contribution in [0.5, 0.6) is 0 Å². The molecule has 5 nitrogen and oxygen atoms in total. The molecule has 1 atom stereocenters.